The third-order valence-corrected chi connectivity index (χ3v) is 3.64. The van der Waals surface area contributed by atoms with Gasteiger partial charge in [-0.3, -0.25) is 4.99 Å². The van der Waals surface area contributed by atoms with Gasteiger partial charge in [-0.2, -0.15) is 0 Å². The number of aliphatic imine (C=N–C) groups is 1. The fourth-order valence-electron chi connectivity index (χ4n) is 2.48. The summed E-state index contributed by atoms with van der Waals surface area (Å²) in [5, 5.41) is 38.7. The molecule has 0 saturated carbocycles. The van der Waals surface area contributed by atoms with E-state index in [-0.39, 0.29) is 12.2 Å². The largest absolute Gasteiger partial charge is 0.392 e. The summed E-state index contributed by atoms with van der Waals surface area (Å²) in [6, 6.07) is 9.15. The van der Waals surface area contributed by atoms with E-state index in [0.29, 0.717) is 6.42 Å². The van der Waals surface area contributed by atoms with Crippen molar-refractivity contribution in [2.45, 2.75) is 37.7 Å². The van der Waals surface area contributed by atoms with Crippen LogP contribution < -0.4 is 0 Å². The van der Waals surface area contributed by atoms with E-state index in [1.807, 2.05) is 37.3 Å². The van der Waals surface area contributed by atoms with E-state index in [4.69, 9.17) is 0 Å². The second-order valence-electron chi connectivity index (χ2n) is 5.34. The van der Waals surface area contributed by atoms with Crippen LogP contribution in [0.2, 0.25) is 0 Å². The fraction of sp³-hybridized carbons (Fsp3) is 0.438. The number of aliphatic hydroxyl groups excluding tert-OH is 4. The molecular formula is C16H21NO4. The van der Waals surface area contributed by atoms with E-state index < -0.39 is 24.4 Å². The fourth-order valence-corrected chi connectivity index (χ4v) is 2.48. The van der Waals surface area contributed by atoms with Crippen LogP contribution in [0.1, 0.15) is 12.5 Å². The molecular weight excluding hydrogens is 270 g/mol. The monoisotopic (exact) mass is 291 g/mol. The van der Waals surface area contributed by atoms with E-state index >= 15 is 0 Å². The first-order valence-corrected chi connectivity index (χ1v) is 6.95. The number of nitrogens with zero attached hydrogens (tertiary/aromatic N) is 1. The van der Waals surface area contributed by atoms with Crippen molar-refractivity contribution in [1.29, 1.82) is 0 Å². The van der Waals surface area contributed by atoms with Gasteiger partial charge in [0.05, 0.1) is 12.6 Å². The highest BCUT2D eigenvalue weighted by atomic mass is 16.4. The topological polar surface area (TPSA) is 93.3 Å². The number of hydrogen-bond donors (Lipinski definition) is 4. The first-order chi connectivity index (χ1) is 10.0. The Hall–Kier alpha value is -1.53. The Kier molecular flexibility index (Phi) is 5.25. The lowest BCUT2D eigenvalue weighted by Gasteiger charge is -2.32. The van der Waals surface area contributed by atoms with Crippen molar-refractivity contribution in [1.82, 2.24) is 0 Å². The van der Waals surface area contributed by atoms with Gasteiger partial charge in [0.1, 0.15) is 18.3 Å². The van der Waals surface area contributed by atoms with Gasteiger partial charge >= 0.3 is 0 Å². The van der Waals surface area contributed by atoms with Gasteiger partial charge in [-0.25, -0.2) is 0 Å². The molecule has 21 heavy (non-hydrogen) atoms. The van der Waals surface area contributed by atoms with Crippen molar-refractivity contribution in [3.05, 3.63) is 47.5 Å². The first kappa shape index (κ1) is 15.9. The van der Waals surface area contributed by atoms with Gasteiger partial charge in [-0.1, -0.05) is 36.4 Å². The zero-order valence-electron chi connectivity index (χ0n) is 11.9. The Balaban J connectivity index is 2.16. The van der Waals surface area contributed by atoms with E-state index in [2.05, 4.69) is 4.99 Å². The van der Waals surface area contributed by atoms with Crippen LogP contribution in [0.25, 0.3) is 0 Å². The van der Waals surface area contributed by atoms with Crippen LogP contribution in [0, 0.1) is 0 Å². The molecule has 5 nitrogen and oxygen atoms in total. The summed E-state index contributed by atoms with van der Waals surface area (Å²) in [7, 11) is 0. The maximum Gasteiger partial charge on any atom is 0.112 e. The second-order valence-corrected chi connectivity index (χ2v) is 5.34. The van der Waals surface area contributed by atoms with Crippen molar-refractivity contribution in [3.8, 4) is 0 Å². The van der Waals surface area contributed by atoms with Gasteiger partial charge in [0.2, 0.25) is 0 Å². The lowest BCUT2D eigenvalue weighted by atomic mass is 9.88. The molecule has 0 bridgehead atoms. The Morgan fingerprint density at radius 1 is 1.10 bits per heavy atom. The van der Waals surface area contributed by atoms with Crippen molar-refractivity contribution in [2.24, 2.45) is 4.99 Å². The molecule has 0 amide bonds. The van der Waals surface area contributed by atoms with Crippen LogP contribution in [0.3, 0.4) is 0 Å². The number of rotatable bonds is 4. The Morgan fingerprint density at radius 2 is 1.76 bits per heavy atom. The molecule has 1 aliphatic rings. The molecule has 4 atom stereocenters. The Labute approximate surface area is 123 Å². The highest BCUT2D eigenvalue weighted by Gasteiger charge is 2.36. The molecule has 0 aliphatic heterocycles. The highest BCUT2D eigenvalue weighted by Crippen LogP contribution is 2.22. The van der Waals surface area contributed by atoms with Crippen LogP contribution in [0.15, 0.2) is 47.0 Å². The third kappa shape index (κ3) is 3.77. The minimum atomic E-state index is -1.34. The van der Waals surface area contributed by atoms with Crippen molar-refractivity contribution < 1.29 is 20.4 Å². The normalized spacial score (nSPS) is 30.1. The molecule has 2 rings (SSSR count). The molecule has 0 aromatic heterocycles. The van der Waals surface area contributed by atoms with Crippen molar-refractivity contribution in [2.75, 3.05) is 6.61 Å². The van der Waals surface area contributed by atoms with Gasteiger partial charge in [0, 0.05) is 12.1 Å². The molecule has 5 heteroatoms. The van der Waals surface area contributed by atoms with Crippen LogP contribution >= 0.6 is 0 Å². The minimum Gasteiger partial charge on any atom is -0.392 e. The molecule has 0 spiro atoms. The van der Waals surface area contributed by atoms with Gasteiger partial charge in [0.15, 0.2) is 0 Å². The average Bonchev–Trinajstić information content (AvgIpc) is 2.49. The summed E-state index contributed by atoms with van der Waals surface area (Å²) < 4.78 is 0. The van der Waals surface area contributed by atoms with Gasteiger partial charge < -0.3 is 20.4 Å². The van der Waals surface area contributed by atoms with Crippen LogP contribution in [-0.2, 0) is 6.42 Å². The quantitative estimate of drug-likeness (QED) is 0.467. The molecule has 1 aliphatic carbocycles. The minimum absolute atomic E-state index is 0.286. The van der Waals surface area contributed by atoms with E-state index in [9.17, 15) is 20.4 Å². The van der Waals surface area contributed by atoms with E-state index in [0.717, 1.165) is 11.3 Å². The summed E-state index contributed by atoms with van der Waals surface area (Å²) >= 11 is 0. The Morgan fingerprint density at radius 3 is 2.38 bits per heavy atom. The molecule has 4 unspecified atom stereocenters. The summed E-state index contributed by atoms with van der Waals surface area (Å²) in [5.41, 5.74) is 2.20. The number of benzene rings is 1. The molecule has 0 radical (unpaired) electrons. The van der Waals surface area contributed by atoms with Crippen molar-refractivity contribution in [3.63, 3.8) is 0 Å². The standard InChI is InChI=1S/C16H21NO4/c1-10(7-11-5-3-2-4-6-11)17-13-8-12(9-18)14(19)16(21)15(13)20/h2-6,8,13-16,18-21H,7,9H2,1H3. The summed E-state index contributed by atoms with van der Waals surface area (Å²) in [5.74, 6) is 0. The van der Waals surface area contributed by atoms with Crippen LogP contribution in [0.4, 0.5) is 0 Å². The maximum absolute atomic E-state index is 9.99. The smallest absolute Gasteiger partial charge is 0.112 e. The zero-order valence-corrected chi connectivity index (χ0v) is 11.9. The van der Waals surface area contributed by atoms with Crippen LogP contribution in [-0.4, -0.2) is 57.1 Å². The molecule has 114 valence electrons. The lowest BCUT2D eigenvalue weighted by Crippen LogP contribution is -2.48. The lowest BCUT2D eigenvalue weighted by molar-refractivity contribution is -0.0593. The zero-order chi connectivity index (χ0) is 15.4. The number of hydrogen-bond acceptors (Lipinski definition) is 5. The van der Waals surface area contributed by atoms with Gasteiger partial charge in [-0.15, -0.1) is 0 Å². The predicted molar refractivity (Wildman–Crippen MR) is 80.2 cm³/mol. The number of aliphatic hydroxyl groups is 4. The second kappa shape index (κ2) is 6.95. The molecule has 1 aromatic carbocycles. The molecule has 1 aromatic rings. The molecule has 4 N–H and O–H groups in total. The van der Waals surface area contributed by atoms with E-state index in [1.54, 1.807) is 0 Å². The average molecular weight is 291 g/mol. The summed E-state index contributed by atoms with van der Waals surface area (Å²) in [4.78, 5) is 4.40. The molecule has 0 heterocycles. The first-order valence-electron chi connectivity index (χ1n) is 6.95. The Bertz CT molecular complexity index is 526. The van der Waals surface area contributed by atoms with Gasteiger partial charge in [-0.05, 0) is 18.1 Å². The van der Waals surface area contributed by atoms with Crippen molar-refractivity contribution >= 4 is 5.71 Å². The van der Waals surface area contributed by atoms with Crippen LogP contribution in [0.5, 0.6) is 0 Å². The third-order valence-electron chi connectivity index (χ3n) is 3.64. The summed E-state index contributed by atoms with van der Waals surface area (Å²) in [6.45, 7) is 1.48. The maximum atomic E-state index is 9.99. The molecule has 0 saturated heterocycles. The highest BCUT2D eigenvalue weighted by molar-refractivity contribution is 5.84. The van der Waals surface area contributed by atoms with Gasteiger partial charge in [0.25, 0.3) is 0 Å². The summed E-state index contributed by atoms with van der Waals surface area (Å²) in [6.07, 6.45) is -1.59. The van der Waals surface area contributed by atoms with E-state index in [1.165, 1.54) is 6.08 Å². The molecule has 0 fully saturated rings. The SMILES string of the molecule is CC(Cc1ccccc1)=NC1C=C(CO)C(O)C(O)C1O. The predicted octanol–water partition coefficient (Wildman–Crippen LogP) is 0.0736.